The Morgan fingerprint density at radius 2 is 2.33 bits per heavy atom. The highest BCUT2D eigenvalue weighted by atomic mass is 16.6. The molecule has 1 fully saturated rings. The number of Topliss-reactive ketones (excluding diaryl/α,β-unsaturated/α-hetero) is 1. The number of benzene rings is 1. The van der Waals surface area contributed by atoms with Crippen molar-refractivity contribution in [1.82, 2.24) is 4.90 Å². The van der Waals surface area contributed by atoms with E-state index in [1.165, 1.54) is 12.1 Å². The Balaban J connectivity index is 1.90. The van der Waals surface area contributed by atoms with Gasteiger partial charge in [0.15, 0.2) is 5.78 Å². The van der Waals surface area contributed by atoms with Crippen molar-refractivity contribution in [2.24, 2.45) is 5.92 Å². The molecule has 0 aromatic heterocycles. The fraction of sp³-hybridized carbons (Fsp3) is 0.533. The Morgan fingerprint density at radius 3 is 3.00 bits per heavy atom. The molecule has 6 nitrogen and oxygen atoms in total. The maximum atomic E-state index is 12.2. The molecule has 0 N–H and O–H groups in total. The minimum atomic E-state index is -0.486. The van der Waals surface area contributed by atoms with Crippen molar-refractivity contribution in [1.29, 1.82) is 0 Å². The zero-order valence-corrected chi connectivity index (χ0v) is 12.2. The Kier molecular flexibility index (Phi) is 5.41. The van der Waals surface area contributed by atoms with Crippen molar-refractivity contribution in [3.63, 3.8) is 0 Å². The van der Waals surface area contributed by atoms with E-state index in [1.807, 2.05) is 11.9 Å². The van der Waals surface area contributed by atoms with Gasteiger partial charge in [-0.2, -0.15) is 0 Å². The predicted molar refractivity (Wildman–Crippen MR) is 78.5 cm³/mol. The topological polar surface area (TPSA) is 72.7 Å². The first-order chi connectivity index (χ1) is 10.1. The summed E-state index contributed by atoms with van der Waals surface area (Å²) in [7, 11) is 1.89. The lowest BCUT2D eigenvalue weighted by Gasteiger charge is -2.26. The van der Waals surface area contributed by atoms with E-state index < -0.39 is 4.92 Å². The van der Waals surface area contributed by atoms with Gasteiger partial charge < -0.3 is 4.74 Å². The van der Waals surface area contributed by atoms with E-state index in [9.17, 15) is 14.9 Å². The van der Waals surface area contributed by atoms with Gasteiger partial charge in [-0.1, -0.05) is 12.1 Å². The minimum absolute atomic E-state index is 0.0517. The van der Waals surface area contributed by atoms with Gasteiger partial charge in [-0.3, -0.25) is 19.8 Å². The van der Waals surface area contributed by atoms with E-state index in [1.54, 1.807) is 12.1 Å². The summed E-state index contributed by atoms with van der Waals surface area (Å²) >= 11 is 0. The Bertz CT molecular complexity index is 512. The number of nitrogens with zero attached hydrogens (tertiary/aromatic N) is 2. The zero-order chi connectivity index (χ0) is 15.2. The molecule has 0 radical (unpaired) electrons. The van der Waals surface area contributed by atoms with Crippen LogP contribution in [0, 0.1) is 16.0 Å². The number of hydrogen-bond donors (Lipinski definition) is 0. The summed E-state index contributed by atoms with van der Waals surface area (Å²) in [6.07, 6.45) is 2.19. The largest absolute Gasteiger partial charge is 0.381 e. The van der Waals surface area contributed by atoms with Crippen LogP contribution in [0.4, 0.5) is 5.69 Å². The quantitative estimate of drug-likeness (QED) is 0.456. The summed E-state index contributed by atoms with van der Waals surface area (Å²) in [6, 6.07) is 5.88. The van der Waals surface area contributed by atoms with Gasteiger partial charge in [-0.25, -0.2) is 0 Å². The van der Waals surface area contributed by atoms with Crippen LogP contribution in [0.25, 0.3) is 0 Å². The molecule has 0 aliphatic carbocycles. The number of nitro benzene ring substituents is 1. The summed E-state index contributed by atoms with van der Waals surface area (Å²) < 4.78 is 5.43. The average Bonchev–Trinajstić information content (AvgIpc) is 2.48. The number of carbonyl (C=O) groups is 1. The molecule has 0 spiro atoms. The molecule has 1 unspecified atom stereocenters. The van der Waals surface area contributed by atoms with Crippen LogP contribution in [-0.4, -0.2) is 49.0 Å². The van der Waals surface area contributed by atoms with Gasteiger partial charge >= 0.3 is 0 Å². The number of rotatable bonds is 6. The lowest BCUT2D eigenvalue weighted by atomic mass is 10.0. The van der Waals surface area contributed by atoms with Crippen molar-refractivity contribution in [2.75, 3.05) is 33.4 Å². The highest BCUT2D eigenvalue weighted by Crippen LogP contribution is 2.16. The molecule has 0 amide bonds. The van der Waals surface area contributed by atoms with Crippen LogP contribution in [-0.2, 0) is 4.74 Å². The first-order valence-electron chi connectivity index (χ1n) is 7.10. The molecule has 1 saturated heterocycles. The maximum Gasteiger partial charge on any atom is 0.270 e. The summed E-state index contributed by atoms with van der Waals surface area (Å²) in [5, 5.41) is 10.7. The minimum Gasteiger partial charge on any atom is -0.381 e. The molecule has 1 heterocycles. The molecule has 1 aliphatic rings. The standard InChI is InChI=1S/C15H20N2O4/c1-16(9-12-4-3-7-21-11-12)10-15(18)13-5-2-6-14(8-13)17(19)20/h2,5-6,8,12H,3-4,7,9-11H2,1H3. The van der Waals surface area contributed by atoms with Crippen molar-refractivity contribution >= 4 is 11.5 Å². The number of hydrogen-bond acceptors (Lipinski definition) is 5. The average molecular weight is 292 g/mol. The normalized spacial score (nSPS) is 18.7. The fourth-order valence-electron chi connectivity index (χ4n) is 2.59. The second-order valence-electron chi connectivity index (χ2n) is 5.51. The smallest absolute Gasteiger partial charge is 0.270 e. The van der Waals surface area contributed by atoms with Gasteiger partial charge in [-0.05, 0) is 25.8 Å². The monoisotopic (exact) mass is 292 g/mol. The number of carbonyl (C=O) groups excluding carboxylic acids is 1. The van der Waals surface area contributed by atoms with Crippen LogP contribution < -0.4 is 0 Å². The van der Waals surface area contributed by atoms with E-state index in [0.717, 1.165) is 32.6 Å². The Morgan fingerprint density at radius 1 is 1.52 bits per heavy atom. The fourth-order valence-corrected chi connectivity index (χ4v) is 2.59. The third-order valence-electron chi connectivity index (χ3n) is 3.62. The third-order valence-corrected chi connectivity index (χ3v) is 3.62. The van der Waals surface area contributed by atoms with Crippen LogP contribution in [0.2, 0.25) is 0 Å². The van der Waals surface area contributed by atoms with Crippen LogP contribution in [0.15, 0.2) is 24.3 Å². The van der Waals surface area contributed by atoms with Gasteiger partial charge in [-0.15, -0.1) is 0 Å². The molecule has 2 rings (SSSR count). The number of ketones is 1. The van der Waals surface area contributed by atoms with E-state index in [4.69, 9.17) is 4.74 Å². The first kappa shape index (κ1) is 15.6. The van der Waals surface area contributed by atoms with Crippen LogP contribution in [0.1, 0.15) is 23.2 Å². The van der Waals surface area contributed by atoms with E-state index >= 15 is 0 Å². The predicted octanol–water partition coefficient (Wildman–Crippen LogP) is 2.14. The lowest BCUT2D eigenvalue weighted by Crippen LogP contribution is -2.34. The van der Waals surface area contributed by atoms with E-state index in [-0.39, 0.29) is 18.0 Å². The second kappa shape index (κ2) is 7.28. The molecule has 6 heteroatoms. The van der Waals surface area contributed by atoms with Crippen molar-refractivity contribution < 1.29 is 14.5 Å². The molecule has 1 aliphatic heterocycles. The van der Waals surface area contributed by atoms with Crippen molar-refractivity contribution in [3.05, 3.63) is 39.9 Å². The molecule has 0 bridgehead atoms. The zero-order valence-electron chi connectivity index (χ0n) is 12.2. The molecule has 114 valence electrons. The van der Waals surface area contributed by atoms with Gasteiger partial charge in [0.2, 0.25) is 0 Å². The summed E-state index contributed by atoms with van der Waals surface area (Å²) in [6.45, 7) is 2.64. The number of non-ortho nitro benzene ring substituents is 1. The second-order valence-corrected chi connectivity index (χ2v) is 5.51. The lowest BCUT2D eigenvalue weighted by molar-refractivity contribution is -0.384. The summed E-state index contributed by atoms with van der Waals surface area (Å²) in [5.41, 5.74) is 0.333. The number of likely N-dealkylation sites (N-methyl/N-ethyl adjacent to an activating group) is 1. The van der Waals surface area contributed by atoms with Gasteiger partial charge in [0, 0.05) is 30.8 Å². The molecule has 1 aromatic carbocycles. The van der Waals surface area contributed by atoms with Gasteiger partial charge in [0.25, 0.3) is 5.69 Å². The molecule has 1 atom stereocenters. The number of ether oxygens (including phenoxy) is 1. The summed E-state index contributed by atoms with van der Waals surface area (Å²) in [4.78, 5) is 24.4. The van der Waals surface area contributed by atoms with Crippen LogP contribution in [0.5, 0.6) is 0 Å². The maximum absolute atomic E-state index is 12.2. The molecule has 21 heavy (non-hydrogen) atoms. The Labute approximate surface area is 123 Å². The SMILES string of the molecule is CN(CC(=O)c1cccc([N+](=O)[O-])c1)CC1CCCOC1. The van der Waals surface area contributed by atoms with Gasteiger partial charge in [0.05, 0.1) is 18.1 Å². The van der Waals surface area contributed by atoms with E-state index in [0.29, 0.717) is 11.5 Å². The molecular formula is C15H20N2O4. The highest BCUT2D eigenvalue weighted by Gasteiger charge is 2.18. The van der Waals surface area contributed by atoms with E-state index in [2.05, 4.69) is 0 Å². The van der Waals surface area contributed by atoms with Crippen LogP contribution >= 0.6 is 0 Å². The Hall–Kier alpha value is -1.79. The number of nitro groups is 1. The molecule has 1 aromatic rings. The summed E-state index contributed by atoms with van der Waals surface area (Å²) in [5.74, 6) is 0.361. The molecule has 0 saturated carbocycles. The van der Waals surface area contributed by atoms with Gasteiger partial charge in [0.1, 0.15) is 0 Å². The van der Waals surface area contributed by atoms with Crippen molar-refractivity contribution in [3.8, 4) is 0 Å². The van der Waals surface area contributed by atoms with Crippen molar-refractivity contribution in [2.45, 2.75) is 12.8 Å². The van der Waals surface area contributed by atoms with Crippen LogP contribution in [0.3, 0.4) is 0 Å². The highest BCUT2D eigenvalue weighted by molar-refractivity contribution is 5.98. The first-order valence-corrected chi connectivity index (χ1v) is 7.10. The third kappa shape index (κ3) is 4.61. The molecular weight excluding hydrogens is 272 g/mol.